The summed E-state index contributed by atoms with van der Waals surface area (Å²) in [5.74, 6) is -0.791. The molecule has 0 unspecified atom stereocenters. The molecule has 0 aliphatic heterocycles. The lowest BCUT2D eigenvalue weighted by molar-refractivity contribution is 0.281. The molecule has 10 heteroatoms. The van der Waals surface area contributed by atoms with Gasteiger partial charge in [0, 0.05) is 37.9 Å². The number of hydrogen-bond acceptors (Lipinski definition) is 6. The molecule has 3 aromatic heterocycles. The highest BCUT2D eigenvalue weighted by atomic mass is 19.1. The smallest absolute Gasteiger partial charge is 0.186 e. The van der Waals surface area contributed by atoms with Crippen LogP contribution < -0.4 is 10.8 Å². The molecule has 0 fully saturated rings. The van der Waals surface area contributed by atoms with Gasteiger partial charge in [0.15, 0.2) is 17.2 Å². The van der Waals surface area contributed by atoms with Gasteiger partial charge in [0.1, 0.15) is 11.0 Å². The predicted octanol–water partition coefficient (Wildman–Crippen LogP) is 4.34. The largest absolute Gasteiger partial charge is 0.494 e. The highest BCUT2D eigenvalue weighted by molar-refractivity contribution is 5.73. The van der Waals surface area contributed by atoms with Gasteiger partial charge >= 0.3 is 0 Å². The zero-order valence-corrected chi connectivity index (χ0v) is 20.9. The topological polar surface area (TPSA) is 82.2 Å². The Bertz CT molecular complexity index is 1350. The van der Waals surface area contributed by atoms with Crippen molar-refractivity contribution < 1.29 is 13.5 Å². The van der Waals surface area contributed by atoms with Gasteiger partial charge in [0.2, 0.25) is 0 Å². The van der Waals surface area contributed by atoms with Crippen molar-refractivity contribution in [3.8, 4) is 11.3 Å². The fourth-order valence-corrected chi connectivity index (χ4v) is 3.38. The van der Waals surface area contributed by atoms with E-state index in [4.69, 9.17) is 9.72 Å². The number of aryl methyl sites for hydroxylation is 1. The molecular formula is C25H31F2N7O. The quantitative estimate of drug-likeness (QED) is 0.362. The molecule has 0 atom stereocenters. The molecule has 8 nitrogen and oxygen atoms in total. The summed E-state index contributed by atoms with van der Waals surface area (Å²) in [6, 6.07) is 3.87. The normalized spacial score (nSPS) is 14.1. The molecule has 0 aromatic carbocycles. The Morgan fingerprint density at radius 2 is 2.03 bits per heavy atom. The molecule has 186 valence electrons. The fraction of sp³-hybridized carbons (Fsp3) is 0.360. The van der Waals surface area contributed by atoms with E-state index in [9.17, 15) is 4.39 Å². The van der Waals surface area contributed by atoms with Crippen LogP contribution in [0.4, 0.5) is 8.78 Å². The summed E-state index contributed by atoms with van der Waals surface area (Å²) >= 11 is 0. The van der Waals surface area contributed by atoms with Crippen molar-refractivity contribution in [3.63, 3.8) is 0 Å². The Hall–Kier alpha value is -3.66. The van der Waals surface area contributed by atoms with Crippen molar-refractivity contribution in [1.82, 2.24) is 29.6 Å². The van der Waals surface area contributed by atoms with E-state index in [2.05, 4.69) is 34.2 Å². The first-order valence-corrected chi connectivity index (χ1v) is 11.3. The third kappa shape index (κ3) is 6.48. The molecular weight excluding hydrogens is 452 g/mol. The third-order valence-electron chi connectivity index (χ3n) is 5.16. The summed E-state index contributed by atoms with van der Waals surface area (Å²) < 4.78 is 36.6. The number of pyridine rings is 1. The van der Waals surface area contributed by atoms with E-state index in [-0.39, 0.29) is 17.0 Å². The van der Waals surface area contributed by atoms with Crippen molar-refractivity contribution in [2.45, 2.75) is 40.3 Å². The number of nitrogens with zero attached hydrogens (tertiary/aromatic N) is 6. The lowest BCUT2D eigenvalue weighted by Crippen LogP contribution is -2.31. The van der Waals surface area contributed by atoms with Gasteiger partial charge in [-0.05, 0) is 37.6 Å². The summed E-state index contributed by atoms with van der Waals surface area (Å²) in [5.41, 5.74) is 3.62. The lowest BCUT2D eigenvalue weighted by atomic mass is 10.2. The van der Waals surface area contributed by atoms with Crippen LogP contribution in [-0.2, 0) is 18.3 Å². The summed E-state index contributed by atoms with van der Waals surface area (Å²) in [6.07, 6.45) is 6.96. The number of hydrogen-bond donors (Lipinski definition) is 1. The molecule has 0 spiro atoms. The van der Waals surface area contributed by atoms with E-state index in [0.29, 0.717) is 47.8 Å². The summed E-state index contributed by atoms with van der Waals surface area (Å²) in [6.45, 7) is 8.36. The van der Waals surface area contributed by atoms with Crippen molar-refractivity contribution in [1.29, 1.82) is 0 Å². The zero-order valence-electron chi connectivity index (χ0n) is 20.9. The monoisotopic (exact) mass is 483 g/mol. The van der Waals surface area contributed by atoms with Gasteiger partial charge in [-0.3, -0.25) is 9.67 Å². The standard InChI is InChI=1S/C25H31F2N7O/c1-16(2)28-9-10-34-23(31-18(4)24(27)22(35-6)11-17(3)12-26)8-7-20-25(34)32-21(14-29-20)19-13-30-33(5)15-19/h7-8,11-16,28H,9-10H2,1-6H3/b17-12+,22-11+,24-18-,31-23+. The van der Waals surface area contributed by atoms with E-state index >= 15 is 4.39 Å². The van der Waals surface area contributed by atoms with Gasteiger partial charge in [-0.15, -0.1) is 0 Å². The van der Waals surface area contributed by atoms with Gasteiger partial charge in [0.05, 0.1) is 37.2 Å². The molecule has 3 heterocycles. The highest BCUT2D eigenvalue weighted by Crippen LogP contribution is 2.20. The fourth-order valence-electron chi connectivity index (χ4n) is 3.38. The number of methoxy groups -OCH3 is 1. The molecule has 0 saturated carbocycles. The maximum Gasteiger partial charge on any atom is 0.186 e. The third-order valence-corrected chi connectivity index (χ3v) is 5.16. The summed E-state index contributed by atoms with van der Waals surface area (Å²) in [7, 11) is 3.16. The Morgan fingerprint density at radius 1 is 1.26 bits per heavy atom. The van der Waals surface area contributed by atoms with E-state index in [1.54, 1.807) is 29.2 Å². The SMILES string of the molecule is COC(=C/C(C)=C/F)/C(F)=C(C)/N=c1\ccc2ncc(-c3cnn(C)c3)nc2n1CCNC(C)C. The molecule has 0 saturated heterocycles. The number of halogens is 2. The first kappa shape index (κ1) is 26.0. The molecule has 35 heavy (non-hydrogen) atoms. The summed E-state index contributed by atoms with van der Waals surface area (Å²) in [5, 5.41) is 7.60. The lowest BCUT2D eigenvalue weighted by Gasteiger charge is -2.14. The molecule has 0 aliphatic carbocycles. The maximum atomic E-state index is 15.1. The Labute approximate surface area is 203 Å². The second kappa shape index (κ2) is 11.7. The van der Waals surface area contributed by atoms with Crippen LogP contribution >= 0.6 is 0 Å². The van der Waals surface area contributed by atoms with Gasteiger partial charge < -0.3 is 14.6 Å². The van der Waals surface area contributed by atoms with Crippen molar-refractivity contribution in [2.75, 3.05) is 13.7 Å². The molecule has 3 aromatic rings. The number of allylic oxidation sites excluding steroid dienone is 4. The number of aromatic nitrogens is 5. The average Bonchev–Trinajstić information content (AvgIpc) is 3.28. The highest BCUT2D eigenvalue weighted by Gasteiger charge is 2.12. The van der Waals surface area contributed by atoms with E-state index < -0.39 is 5.83 Å². The van der Waals surface area contributed by atoms with Crippen LogP contribution in [0.2, 0.25) is 0 Å². The minimum atomic E-state index is -0.684. The van der Waals surface area contributed by atoms with Gasteiger partial charge in [-0.1, -0.05) is 13.8 Å². The van der Waals surface area contributed by atoms with Crippen LogP contribution in [0.5, 0.6) is 0 Å². The van der Waals surface area contributed by atoms with Crippen LogP contribution in [-0.4, -0.2) is 44.0 Å². The van der Waals surface area contributed by atoms with Crippen molar-refractivity contribution in [2.24, 2.45) is 12.0 Å². The first-order valence-electron chi connectivity index (χ1n) is 11.3. The molecule has 1 N–H and O–H groups in total. The second-order valence-electron chi connectivity index (χ2n) is 8.40. The van der Waals surface area contributed by atoms with Gasteiger partial charge in [-0.2, -0.15) is 5.10 Å². The molecule has 0 aliphatic rings. The van der Waals surface area contributed by atoms with Crippen molar-refractivity contribution >= 4 is 11.2 Å². The van der Waals surface area contributed by atoms with Crippen LogP contribution in [0.1, 0.15) is 27.7 Å². The van der Waals surface area contributed by atoms with Gasteiger partial charge in [0.25, 0.3) is 0 Å². The number of fused-ring (bicyclic) bond motifs is 1. The van der Waals surface area contributed by atoms with Crippen LogP contribution in [0, 0.1) is 0 Å². The molecule has 0 amide bonds. The van der Waals surface area contributed by atoms with Crippen LogP contribution in [0.3, 0.4) is 0 Å². The predicted molar refractivity (Wildman–Crippen MR) is 132 cm³/mol. The van der Waals surface area contributed by atoms with Crippen molar-refractivity contribution in [3.05, 3.63) is 71.5 Å². The van der Waals surface area contributed by atoms with E-state index in [1.807, 2.05) is 17.8 Å². The Kier molecular flexibility index (Phi) is 8.64. The number of rotatable bonds is 9. The maximum absolute atomic E-state index is 15.1. The van der Waals surface area contributed by atoms with Crippen LogP contribution in [0.15, 0.2) is 71.0 Å². The second-order valence-corrected chi connectivity index (χ2v) is 8.40. The average molecular weight is 484 g/mol. The summed E-state index contributed by atoms with van der Waals surface area (Å²) in [4.78, 5) is 13.9. The Morgan fingerprint density at radius 3 is 2.66 bits per heavy atom. The van der Waals surface area contributed by atoms with E-state index in [0.717, 1.165) is 5.56 Å². The minimum Gasteiger partial charge on any atom is -0.494 e. The molecule has 0 bridgehead atoms. The zero-order chi connectivity index (χ0) is 25.5. The van der Waals surface area contributed by atoms with E-state index in [1.165, 1.54) is 27.0 Å². The minimum absolute atomic E-state index is 0.0889. The number of nitrogens with one attached hydrogen (secondary N) is 1. The first-order chi connectivity index (χ1) is 16.7. The molecule has 3 rings (SSSR count). The molecule has 0 radical (unpaired) electrons. The number of ether oxygens (including phenoxy) is 1. The van der Waals surface area contributed by atoms with Crippen LogP contribution in [0.25, 0.3) is 22.4 Å². The Balaban J connectivity index is 2.19. The van der Waals surface area contributed by atoms with Gasteiger partial charge in [-0.25, -0.2) is 18.8 Å².